The molecule has 0 aromatic carbocycles. The van der Waals surface area contributed by atoms with Crippen LogP contribution in [-0.2, 0) is 4.74 Å². The van der Waals surface area contributed by atoms with E-state index in [0.29, 0.717) is 0 Å². The topological polar surface area (TPSA) is 49.7 Å². The molecule has 0 unspecified atom stereocenters. The van der Waals surface area contributed by atoms with Crippen molar-refractivity contribution in [3.05, 3.63) is 6.61 Å². The fourth-order valence-corrected chi connectivity index (χ4v) is 0.871. The first-order valence-electron chi connectivity index (χ1n) is 3.05. The fourth-order valence-electron chi connectivity index (χ4n) is 0.871. The summed E-state index contributed by atoms with van der Waals surface area (Å²) in [5.41, 5.74) is -1.83. The number of hydrogen-bond donors (Lipinski definition) is 2. The van der Waals surface area contributed by atoms with Crippen LogP contribution in [0.2, 0.25) is 0 Å². The number of rotatable bonds is 1. The summed E-state index contributed by atoms with van der Waals surface area (Å²) in [6.45, 7) is 1.75. The van der Waals surface area contributed by atoms with Crippen LogP contribution in [0.4, 0.5) is 4.39 Å². The third-order valence-corrected chi connectivity index (χ3v) is 1.58. The van der Waals surface area contributed by atoms with Crippen molar-refractivity contribution >= 4 is 0 Å². The van der Waals surface area contributed by atoms with Gasteiger partial charge < -0.3 is 14.9 Å². The molecule has 59 valence electrons. The summed E-state index contributed by atoms with van der Waals surface area (Å²) in [4.78, 5) is 0. The van der Waals surface area contributed by atoms with E-state index >= 15 is 0 Å². The minimum absolute atomic E-state index is 0.364. The highest BCUT2D eigenvalue weighted by Crippen LogP contribution is 2.31. The van der Waals surface area contributed by atoms with Gasteiger partial charge in [0.2, 0.25) is 0 Å². The summed E-state index contributed by atoms with van der Waals surface area (Å²) in [6.07, 6.45) is -2.06. The summed E-state index contributed by atoms with van der Waals surface area (Å²) in [5.74, 6) is 0. The Bertz CT molecular complexity index is 126. The maximum atomic E-state index is 12.9. The summed E-state index contributed by atoms with van der Waals surface area (Å²) in [6, 6.07) is 0. The maximum absolute atomic E-state index is 12.9. The number of aliphatic hydroxyl groups excluding tert-OH is 2. The third kappa shape index (κ3) is 1.14. The van der Waals surface area contributed by atoms with E-state index in [1.54, 1.807) is 0 Å². The highest BCUT2D eigenvalue weighted by Gasteiger charge is 2.46. The average molecular weight is 149 g/mol. The lowest BCUT2D eigenvalue weighted by molar-refractivity contribution is -0.00864. The highest BCUT2D eigenvalue weighted by atomic mass is 19.1. The van der Waals surface area contributed by atoms with Gasteiger partial charge in [0.25, 0.3) is 0 Å². The van der Waals surface area contributed by atoms with Gasteiger partial charge in [0.15, 0.2) is 5.67 Å². The second-order valence-electron chi connectivity index (χ2n) is 2.57. The molecule has 1 saturated heterocycles. The Kier molecular flexibility index (Phi) is 1.94. The average Bonchev–Trinajstić information content (AvgIpc) is 2.10. The van der Waals surface area contributed by atoms with Crippen molar-refractivity contribution in [1.29, 1.82) is 0 Å². The number of alkyl halides is 1. The lowest BCUT2D eigenvalue weighted by Gasteiger charge is -2.16. The molecule has 1 aliphatic heterocycles. The zero-order valence-corrected chi connectivity index (χ0v) is 5.62. The quantitative estimate of drug-likeness (QED) is 0.534. The molecule has 0 amide bonds. The van der Waals surface area contributed by atoms with Gasteiger partial charge in [-0.1, -0.05) is 0 Å². The number of ether oxygens (including phenoxy) is 1. The monoisotopic (exact) mass is 149 g/mol. The molecule has 1 rings (SSSR count). The SMILES string of the molecule is C[C@]1(F)[CH]O[C@H](CO)[C@H]1O. The Hall–Kier alpha value is -0.190. The molecule has 1 heterocycles. The van der Waals surface area contributed by atoms with Crippen LogP contribution in [0.15, 0.2) is 0 Å². The van der Waals surface area contributed by atoms with E-state index in [0.717, 1.165) is 6.61 Å². The molecule has 3 atom stereocenters. The second kappa shape index (κ2) is 2.45. The van der Waals surface area contributed by atoms with Gasteiger partial charge >= 0.3 is 0 Å². The minimum atomic E-state index is -1.83. The first-order valence-corrected chi connectivity index (χ1v) is 3.05. The Balaban J connectivity index is 2.58. The van der Waals surface area contributed by atoms with Crippen LogP contribution >= 0.6 is 0 Å². The van der Waals surface area contributed by atoms with Crippen molar-refractivity contribution in [3.63, 3.8) is 0 Å². The molecular weight excluding hydrogens is 139 g/mol. The molecule has 0 spiro atoms. The van der Waals surface area contributed by atoms with Crippen molar-refractivity contribution in [1.82, 2.24) is 0 Å². The van der Waals surface area contributed by atoms with Gasteiger partial charge in [-0.3, -0.25) is 0 Å². The summed E-state index contributed by atoms with van der Waals surface area (Å²) >= 11 is 0. The van der Waals surface area contributed by atoms with E-state index in [1.807, 2.05) is 0 Å². The van der Waals surface area contributed by atoms with E-state index in [4.69, 9.17) is 10.2 Å². The van der Waals surface area contributed by atoms with Crippen molar-refractivity contribution in [3.8, 4) is 0 Å². The molecule has 1 fully saturated rings. The predicted octanol–water partition coefficient (Wildman–Crippen LogP) is -0.372. The van der Waals surface area contributed by atoms with Gasteiger partial charge in [-0.15, -0.1) is 0 Å². The van der Waals surface area contributed by atoms with Crippen molar-refractivity contribution < 1.29 is 19.3 Å². The molecule has 4 heteroatoms. The van der Waals surface area contributed by atoms with Gasteiger partial charge in [-0.2, -0.15) is 0 Å². The molecule has 3 nitrogen and oxygen atoms in total. The van der Waals surface area contributed by atoms with Crippen LogP contribution in [0.25, 0.3) is 0 Å². The summed E-state index contributed by atoms with van der Waals surface area (Å²) in [5, 5.41) is 17.5. The predicted molar refractivity (Wildman–Crippen MR) is 31.8 cm³/mol. The van der Waals surface area contributed by atoms with Crippen LogP contribution in [0, 0.1) is 6.61 Å². The van der Waals surface area contributed by atoms with E-state index in [2.05, 4.69) is 4.74 Å². The van der Waals surface area contributed by atoms with Crippen LogP contribution < -0.4 is 0 Å². The van der Waals surface area contributed by atoms with Gasteiger partial charge in [0.1, 0.15) is 18.8 Å². The third-order valence-electron chi connectivity index (χ3n) is 1.58. The lowest BCUT2D eigenvalue weighted by Crippen LogP contribution is -2.37. The molecule has 2 N–H and O–H groups in total. The van der Waals surface area contributed by atoms with Gasteiger partial charge in [0.05, 0.1) is 6.61 Å². The fraction of sp³-hybridized carbons (Fsp3) is 0.833. The van der Waals surface area contributed by atoms with Gasteiger partial charge in [-0.05, 0) is 6.92 Å². The summed E-state index contributed by atoms with van der Waals surface area (Å²) < 4.78 is 17.5. The molecule has 0 saturated carbocycles. The molecule has 0 aromatic heterocycles. The Labute approximate surface area is 58.4 Å². The summed E-state index contributed by atoms with van der Waals surface area (Å²) in [7, 11) is 0. The highest BCUT2D eigenvalue weighted by molar-refractivity contribution is 5.00. The van der Waals surface area contributed by atoms with E-state index in [1.165, 1.54) is 6.92 Å². The van der Waals surface area contributed by atoms with Crippen LogP contribution in [-0.4, -0.2) is 34.7 Å². The smallest absolute Gasteiger partial charge is 0.165 e. The number of aliphatic hydroxyl groups is 2. The Morgan fingerprint density at radius 1 is 1.80 bits per heavy atom. The molecule has 0 bridgehead atoms. The number of hydrogen-bond acceptors (Lipinski definition) is 3. The zero-order chi connectivity index (χ0) is 7.78. The van der Waals surface area contributed by atoms with Crippen molar-refractivity contribution in [2.24, 2.45) is 0 Å². The lowest BCUT2D eigenvalue weighted by atomic mass is 10.0. The van der Waals surface area contributed by atoms with Crippen LogP contribution in [0.5, 0.6) is 0 Å². The first kappa shape index (κ1) is 7.91. The molecule has 10 heavy (non-hydrogen) atoms. The molecule has 1 aliphatic rings. The van der Waals surface area contributed by atoms with Gasteiger partial charge in [-0.25, -0.2) is 4.39 Å². The standard InChI is InChI=1S/C6H10FO3/c1-6(7)3-10-4(2-8)5(6)9/h3-5,8-9H,2H2,1H3/t4-,5-,6+/m1/s1. The van der Waals surface area contributed by atoms with Crippen LogP contribution in [0.1, 0.15) is 6.92 Å². The zero-order valence-electron chi connectivity index (χ0n) is 5.62. The molecule has 1 radical (unpaired) electrons. The Morgan fingerprint density at radius 2 is 2.40 bits per heavy atom. The molecular formula is C6H10FO3. The van der Waals surface area contributed by atoms with E-state index < -0.39 is 17.9 Å². The van der Waals surface area contributed by atoms with Crippen LogP contribution in [0.3, 0.4) is 0 Å². The minimum Gasteiger partial charge on any atom is -0.394 e. The number of halogens is 1. The Morgan fingerprint density at radius 3 is 2.60 bits per heavy atom. The molecule has 0 aromatic rings. The van der Waals surface area contributed by atoms with E-state index in [-0.39, 0.29) is 6.61 Å². The molecule has 0 aliphatic carbocycles. The van der Waals surface area contributed by atoms with Gasteiger partial charge in [0, 0.05) is 0 Å². The maximum Gasteiger partial charge on any atom is 0.165 e. The first-order chi connectivity index (χ1) is 4.58. The van der Waals surface area contributed by atoms with Crippen molar-refractivity contribution in [2.75, 3.05) is 6.61 Å². The largest absolute Gasteiger partial charge is 0.394 e. The normalized spacial score (nSPS) is 48.0. The van der Waals surface area contributed by atoms with E-state index in [9.17, 15) is 4.39 Å². The second-order valence-corrected chi connectivity index (χ2v) is 2.57. The van der Waals surface area contributed by atoms with Crippen molar-refractivity contribution in [2.45, 2.75) is 24.8 Å².